The van der Waals surface area contributed by atoms with Gasteiger partial charge in [-0.25, -0.2) is 0 Å². The van der Waals surface area contributed by atoms with Gasteiger partial charge in [-0.2, -0.15) is 0 Å². The predicted octanol–water partition coefficient (Wildman–Crippen LogP) is 1.33. The monoisotopic (exact) mass is 269 g/mol. The van der Waals surface area contributed by atoms with E-state index in [-0.39, 0.29) is 0 Å². The summed E-state index contributed by atoms with van der Waals surface area (Å²) in [4.78, 5) is 0. The molecule has 0 aliphatic rings. The Morgan fingerprint density at radius 2 is 1.74 bits per heavy atom. The summed E-state index contributed by atoms with van der Waals surface area (Å²) in [6.45, 7) is 3.29. The van der Waals surface area contributed by atoms with Crippen LogP contribution in [0.15, 0.2) is 18.2 Å². The van der Waals surface area contributed by atoms with Crippen molar-refractivity contribution < 1.29 is 18.9 Å². The minimum Gasteiger partial charge on any atom is -0.496 e. The SMILES string of the molecule is COCCOCCOCc1cc(CN)ccc1OC. The minimum atomic E-state index is 0.491. The summed E-state index contributed by atoms with van der Waals surface area (Å²) >= 11 is 0. The predicted molar refractivity (Wildman–Crippen MR) is 73.2 cm³/mol. The highest BCUT2D eigenvalue weighted by Crippen LogP contribution is 2.20. The molecule has 0 heterocycles. The van der Waals surface area contributed by atoms with Crippen LogP contribution in [0.25, 0.3) is 0 Å². The lowest BCUT2D eigenvalue weighted by Crippen LogP contribution is -2.09. The van der Waals surface area contributed by atoms with Crippen LogP contribution in [0, 0.1) is 0 Å². The molecule has 0 unspecified atom stereocenters. The highest BCUT2D eigenvalue weighted by atomic mass is 16.5. The van der Waals surface area contributed by atoms with Crippen LogP contribution in [0.2, 0.25) is 0 Å². The molecular weight excluding hydrogens is 246 g/mol. The fourth-order valence-electron chi connectivity index (χ4n) is 1.62. The van der Waals surface area contributed by atoms with E-state index in [4.69, 9.17) is 24.7 Å². The molecule has 0 bridgehead atoms. The molecule has 5 nitrogen and oxygen atoms in total. The van der Waals surface area contributed by atoms with E-state index in [0.29, 0.717) is 39.6 Å². The molecule has 108 valence electrons. The Balaban J connectivity index is 2.31. The number of ether oxygens (including phenoxy) is 4. The Kier molecular flexibility index (Phi) is 8.16. The van der Waals surface area contributed by atoms with Crippen molar-refractivity contribution in [3.05, 3.63) is 29.3 Å². The molecule has 0 atom stereocenters. The van der Waals surface area contributed by atoms with Gasteiger partial charge in [-0.1, -0.05) is 6.07 Å². The van der Waals surface area contributed by atoms with Crippen LogP contribution < -0.4 is 10.5 Å². The average Bonchev–Trinajstić information content (AvgIpc) is 2.46. The maximum atomic E-state index is 5.62. The van der Waals surface area contributed by atoms with E-state index in [1.165, 1.54) is 0 Å². The molecule has 0 fully saturated rings. The molecule has 1 aromatic carbocycles. The van der Waals surface area contributed by atoms with Crippen LogP contribution in [0.1, 0.15) is 11.1 Å². The summed E-state index contributed by atoms with van der Waals surface area (Å²) in [5.74, 6) is 0.817. The molecule has 0 aliphatic carbocycles. The third kappa shape index (κ3) is 6.02. The van der Waals surface area contributed by atoms with Crippen LogP contribution in [0.4, 0.5) is 0 Å². The van der Waals surface area contributed by atoms with E-state index in [9.17, 15) is 0 Å². The quantitative estimate of drug-likeness (QED) is 0.649. The molecule has 0 saturated carbocycles. The topological polar surface area (TPSA) is 62.9 Å². The van der Waals surface area contributed by atoms with Crippen molar-refractivity contribution >= 4 is 0 Å². The summed E-state index contributed by atoms with van der Waals surface area (Å²) in [6, 6.07) is 5.87. The first-order valence-corrected chi connectivity index (χ1v) is 6.32. The molecule has 0 spiro atoms. The Hall–Kier alpha value is -1.14. The van der Waals surface area contributed by atoms with Gasteiger partial charge in [-0.3, -0.25) is 0 Å². The molecule has 19 heavy (non-hydrogen) atoms. The zero-order valence-corrected chi connectivity index (χ0v) is 11.7. The Morgan fingerprint density at radius 3 is 2.42 bits per heavy atom. The number of hydrogen-bond acceptors (Lipinski definition) is 5. The van der Waals surface area contributed by atoms with Gasteiger partial charge >= 0.3 is 0 Å². The molecule has 1 aromatic rings. The molecule has 0 saturated heterocycles. The third-order valence-electron chi connectivity index (χ3n) is 2.64. The largest absolute Gasteiger partial charge is 0.496 e. The lowest BCUT2D eigenvalue weighted by atomic mass is 10.1. The van der Waals surface area contributed by atoms with Gasteiger partial charge in [0, 0.05) is 19.2 Å². The smallest absolute Gasteiger partial charge is 0.124 e. The standard InChI is InChI=1S/C14H23NO4/c1-16-5-6-18-7-8-19-11-13-9-12(10-15)3-4-14(13)17-2/h3-4,9H,5-8,10-11,15H2,1-2H3. The highest BCUT2D eigenvalue weighted by molar-refractivity contribution is 5.36. The minimum absolute atomic E-state index is 0.491. The second-order valence-corrected chi connectivity index (χ2v) is 4.01. The summed E-state index contributed by atoms with van der Waals surface area (Å²) in [5.41, 5.74) is 7.69. The van der Waals surface area contributed by atoms with Gasteiger partial charge in [0.1, 0.15) is 5.75 Å². The van der Waals surface area contributed by atoms with Crippen molar-refractivity contribution in [3.8, 4) is 5.75 Å². The van der Waals surface area contributed by atoms with Gasteiger partial charge in [0.15, 0.2) is 0 Å². The van der Waals surface area contributed by atoms with Crippen molar-refractivity contribution in [1.29, 1.82) is 0 Å². The van der Waals surface area contributed by atoms with Gasteiger partial charge < -0.3 is 24.7 Å². The Bertz CT molecular complexity index is 357. The summed E-state index contributed by atoms with van der Waals surface area (Å²) in [5, 5.41) is 0. The van der Waals surface area contributed by atoms with Crippen LogP contribution in [-0.2, 0) is 27.4 Å². The lowest BCUT2D eigenvalue weighted by molar-refractivity contribution is 0.0196. The molecule has 1 rings (SSSR count). The maximum absolute atomic E-state index is 5.62. The van der Waals surface area contributed by atoms with Gasteiger partial charge in [-0.05, 0) is 17.7 Å². The fraction of sp³-hybridized carbons (Fsp3) is 0.571. The first-order chi connectivity index (χ1) is 9.31. The Morgan fingerprint density at radius 1 is 1.00 bits per heavy atom. The van der Waals surface area contributed by atoms with Gasteiger partial charge in [0.2, 0.25) is 0 Å². The van der Waals surface area contributed by atoms with E-state index in [1.54, 1.807) is 14.2 Å². The lowest BCUT2D eigenvalue weighted by Gasteiger charge is -2.11. The van der Waals surface area contributed by atoms with Crippen molar-refractivity contribution in [1.82, 2.24) is 0 Å². The first kappa shape index (κ1) is 15.9. The van der Waals surface area contributed by atoms with Crippen molar-refractivity contribution in [2.75, 3.05) is 40.6 Å². The van der Waals surface area contributed by atoms with Gasteiger partial charge in [-0.15, -0.1) is 0 Å². The van der Waals surface area contributed by atoms with Crippen LogP contribution in [-0.4, -0.2) is 40.6 Å². The van der Waals surface area contributed by atoms with Crippen molar-refractivity contribution in [2.45, 2.75) is 13.2 Å². The van der Waals surface area contributed by atoms with Gasteiger partial charge in [0.25, 0.3) is 0 Å². The molecule has 0 radical (unpaired) electrons. The van der Waals surface area contributed by atoms with Crippen molar-refractivity contribution in [3.63, 3.8) is 0 Å². The summed E-state index contributed by atoms with van der Waals surface area (Å²) in [7, 11) is 3.30. The second kappa shape index (κ2) is 9.75. The molecule has 5 heteroatoms. The number of rotatable bonds is 10. The van der Waals surface area contributed by atoms with Crippen LogP contribution >= 0.6 is 0 Å². The maximum Gasteiger partial charge on any atom is 0.124 e. The second-order valence-electron chi connectivity index (χ2n) is 4.01. The van der Waals surface area contributed by atoms with E-state index >= 15 is 0 Å². The zero-order valence-electron chi connectivity index (χ0n) is 11.7. The highest BCUT2D eigenvalue weighted by Gasteiger charge is 2.04. The average molecular weight is 269 g/mol. The fourth-order valence-corrected chi connectivity index (χ4v) is 1.62. The van der Waals surface area contributed by atoms with E-state index < -0.39 is 0 Å². The van der Waals surface area contributed by atoms with E-state index in [1.807, 2.05) is 18.2 Å². The molecule has 2 N–H and O–H groups in total. The number of benzene rings is 1. The van der Waals surface area contributed by atoms with E-state index in [2.05, 4.69) is 0 Å². The van der Waals surface area contributed by atoms with Crippen LogP contribution in [0.3, 0.4) is 0 Å². The van der Waals surface area contributed by atoms with E-state index in [0.717, 1.165) is 16.9 Å². The Labute approximate surface area is 114 Å². The summed E-state index contributed by atoms with van der Waals surface area (Å²) < 4.78 is 21.0. The normalized spacial score (nSPS) is 10.7. The van der Waals surface area contributed by atoms with Gasteiger partial charge in [0.05, 0.1) is 40.1 Å². The zero-order chi connectivity index (χ0) is 13.9. The molecule has 0 aromatic heterocycles. The first-order valence-electron chi connectivity index (χ1n) is 6.32. The number of methoxy groups -OCH3 is 2. The number of nitrogens with two attached hydrogens (primary N) is 1. The molecular formula is C14H23NO4. The molecule has 0 amide bonds. The summed E-state index contributed by atoms with van der Waals surface area (Å²) in [6.07, 6.45) is 0. The third-order valence-corrected chi connectivity index (χ3v) is 2.64. The van der Waals surface area contributed by atoms with Crippen LogP contribution in [0.5, 0.6) is 5.75 Å². The molecule has 0 aliphatic heterocycles. The van der Waals surface area contributed by atoms with Crippen molar-refractivity contribution in [2.24, 2.45) is 5.73 Å². The number of hydrogen-bond donors (Lipinski definition) is 1.